The quantitative estimate of drug-likeness (QED) is 0.627. The lowest BCUT2D eigenvalue weighted by Crippen LogP contribution is -2.40. The summed E-state index contributed by atoms with van der Waals surface area (Å²) in [6, 6.07) is 2.20. The van der Waals surface area contributed by atoms with Gasteiger partial charge in [-0.05, 0) is 18.9 Å². The number of non-ortho nitro benzene ring substituents is 1. The summed E-state index contributed by atoms with van der Waals surface area (Å²) in [5.41, 5.74) is -0.381. The summed E-state index contributed by atoms with van der Waals surface area (Å²) in [5, 5.41) is 19.9. The van der Waals surface area contributed by atoms with Crippen LogP contribution in [0.4, 0.5) is 5.69 Å². The number of carboxylic acid groups (broad SMARTS) is 1. The van der Waals surface area contributed by atoms with Crippen LogP contribution in [-0.4, -0.2) is 41.3 Å². The van der Waals surface area contributed by atoms with Crippen molar-refractivity contribution in [3.05, 3.63) is 32.8 Å². The molecule has 1 fully saturated rings. The highest BCUT2D eigenvalue weighted by atomic mass is 79.9. The summed E-state index contributed by atoms with van der Waals surface area (Å²) in [7, 11) is -4.09. The van der Waals surface area contributed by atoms with Crippen molar-refractivity contribution in [2.24, 2.45) is 0 Å². The number of sulfonamides is 1. The van der Waals surface area contributed by atoms with Crippen molar-refractivity contribution in [1.82, 2.24) is 4.31 Å². The maximum atomic E-state index is 12.5. The van der Waals surface area contributed by atoms with Crippen molar-refractivity contribution in [2.45, 2.75) is 23.8 Å². The Hall–Kier alpha value is -1.52. The zero-order chi connectivity index (χ0) is 15.8. The number of hydrogen-bond acceptors (Lipinski definition) is 5. The van der Waals surface area contributed by atoms with Gasteiger partial charge in [0, 0.05) is 23.2 Å². The number of carbonyl (C=O) groups is 1. The molecule has 8 nitrogen and oxygen atoms in total. The highest BCUT2D eigenvalue weighted by Gasteiger charge is 2.40. The Morgan fingerprint density at radius 2 is 2.10 bits per heavy atom. The second kappa shape index (κ2) is 5.70. The average molecular weight is 379 g/mol. The molecule has 21 heavy (non-hydrogen) atoms. The van der Waals surface area contributed by atoms with Crippen molar-refractivity contribution >= 4 is 37.6 Å². The molecule has 10 heteroatoms. The topological polar surface area (TPSA) is 118 Å². The molecule has 0 spiro atoms. The van der Waals surface area contributed by atoms with E-state index in [1.165, 1.54) is 12.1 Å². The molecule has 2 rings (SSSR count). The minimum absolute atomic E-state index is 0.0829. The number of benzene rings is 1. The van der Waals surface area contributed by atoms with Gasteiger partial charge < -0.3 is 5.11 Å². The molecule has 0 aliphatic carbocycles. The zero-order valence-corrected chi connectivity index (χ0v) is 13.0. The summed E-state index contributed by atoms with van der Waals surface area (Å²) in [4.78, 5) is 20.9. The molecule has 0 aromatic heterocycles. The van der Waals surface area contributed by atoms with Gasteiger partial charge >= 0.3 is 5.97 Å². The van der Waals surface area contributed by atoms with Crippen LogP contribution in [0, 0.1) is 10.1 Å². The number of nitro groups is 1. The molecule has 1 aliphatic rings. The van der Waals surface area contributed by atoms with Gasteiger partial charge in [0.15, 0.2) is 0 Å². The van der Waals surface area contributed by atoms with E-state index in [1.54, 1.807) is 0 Å². The number of halogens is 1. The highest BCUT2D eigenvalue weighted by Crippen LogP contribution is 2.30. The van der Waals surface area contributed by atoms with Gasteiger partial charge in [0.1, 0.15) is 6.04 Å². The van der Waals surface area contributed by atoms with Crippen molar-refractivity contribution < 1.29 is 23.2 Å². The van der Waals surface area contributed by atoms with Crippen LogP contribution in [0.25, 0.3) is 0 Å². The molecular formula is C11H11BrN2O6S. The van der Waals surface area contributed by atoms with Crippen LogP contribution < -0.4 is 0 Å². The van der Waals surface area contributed by atoms with E-state index in [-0.39, 0.29) is 28.0 Å². The Bertz CT molecular complexity index is 705. The van der Waals surface area contributed by atoms with Gasteiger partial charge in [-0.25, -0.2) is 8.42 Å². The van der Waals surface area contributed by atoms with Gasteiger partial charge in [0.05, 0.1) is 9.82 Å². The van der Waals surface area contributed by atoms with Crippen LogP contribution in [0.3, 0.4) is 0 Å². The van der Waals surface area contributed by atoms with Crippen molar-refractivity contribution in [2.75, 3.05) is 6.54 Å². The predicted octanol–water partition coefficient (Wildman–Crippen LogP) is 1.59. The lowest BCUT2D eigenvalue weighted by Gasteiger charge is -2.20. The molecule has 0 radical (unpaired) electrons. The molecule has 1 saturated heterocycles. The first-order chi connectivity index (χ1) is 9.73. The minimum atomic E-state index is -4.09. The fourth-order valence-electron chi connectivity index (χ4n) is 2.21. The number of carboxylic acids is 1. The smallest absolute Gasteiger partial charge is 0.322 e. The Labute approximate surface area is 128 Å². The van der Waals surface area contributed by atoms with E-state index in [0.29, 0.717) is 6.42 Å². The number of nitro benzene ring substituents is 1. The molecule has 1 aromatic rings. The van der Waals surface area contributed by atoms with E-state index in [2.05, 4.69) is 15.9 Å². The van der Waals surface area contributed by atoms with Gasteiger partial charge in [-0.3, -0.25) is 14.9 Å². The lowest BCUT2D eigenvalue weighted by molar-refractivity contribution is -0.385. The van der Waals surface area contributed by atoms with Gasteiger partial charge in [-0.15, -0.1) is 0 Å². The third-order valence-electron chi connectivity index (χ3n) is 3.16. The van der Waals surface area contributed by atoms with Gasteiger partial charge in [-0.2, -0.15) is 4.31 Å². The second-order valence-corrected chi connectivity index (χ2v) is 7.32. The number of nitrogens with zero attached hydrogens (tertiary/aromatic N) is 2. The Balaban J connectivity index is 2.49. The van der Waals surface area contributed by atoms with E-state index in [9.17, 15) is 23.3 Å². The average Bonchev–Trinajstić information content (AvgIpc) is 2.87. The van der Waals surface area contributed by atoms with Crippen LogP contribution in [0.2, 0.25) is 0 Å². The van der Waals surface area contributed by atoms with E-state index in [0.717, 1.165) is 10.4 Å². The Kier molecular flexibility index (Phi) is 4.30. The van der Waals surface area contributed by atoms with Crippen molar-refractivity contribution in [3.8, 4) is 0 Å². The molecule has 0 amide bonds. The maximum Gasteiger partial charge on any atom is 0.322 e. The van der Waals surface area contributed by atoms with Crippen LogP contribution in [0.1, 0.15) is 12.8 Å². The molecule has 0 unspecified atom stereocenters. The van der Waals surface area contributed by atoms with E-state index >= 15 is 0 Å². The highest BCUT2D eigenvalue weighted by molar-refractivity contribution is 9.10. The first-order valence-electron chi connectivity index (χ1n) is 5.93. The largest absolute Gasteiger partial charge is 0.480 e. The molecule has 1 heterocycles. The predicted molar refractivity (Wildman–Crippen MR) is 75.3 cm³/mol. The van der Waals surface area contributed by atoms with Gasteiger partial charge in [0.2, 0.25) is 10.0 Å². The third kappa shape index (κ3) is 3.06. The number of hydrogen-bond donors (Lipinski definition) is 1. The molecule has 1 aliphatic heterocycles. The summed E-state index contributed by atoms with van der Waals surface area (Å²) >= 11 is 3.02. The molecule has 114 valence electrons. The van der Waals surface area contributed by atoms with Crippen LogP contribution in [0.5, 0.6) is 0 Å². The number of rotatable bonds is 4. The third-order valence-corrected chi connectivity index (χ3v) is 5.51. The van der Waals surface area contributed by atoms with Crippen molar-refractivity contribution in [1.29, 1.82) is 0 Å². The summed E-state index contributed by atoms with van der Waals surface area (Å²) in [6.07, 6.45) is 0.664. The minimum Gasteiger partial charge on any atom is -0.480 e. The summed E-state index contributed by atoms with van der Waals surface area (Å²) in [6.45, 7) is 0.0829. The Morgan fingerprint density at radius 1 is 1.43 bits per heavy atom. The molecule has 1 aromatic carbocycles. The lowest BCUT2D eigenvalue weighted by atomic mass is 10.2. The van der Waals surface area contributed by atoms with E-state index in [4.69, 9.17) is 5.11 Å². The summed E-state index contributed by atoms with van der Waals surface area (Å²) in [5.74, 6) is -1.22. The standard InChI is InChI=1S/C11H11BrN2O6S/c12-7-4-8(14(17)18)6-9(5-7)21(19,20)13-3-1-2-10(13)11(15)16/h4-6,10H,1-3H2,(H,15,16)/t10-/m0/s1. The van der Waals surface area contributed by atoms with Crippen LogP contribution in [-0.2, 0) is 14.8 Å². The molecular weight excluding hydrogens is 368 g/mol. The van der Waals surface area contributed by atoms with Crippen molar-refractivity contribution in [3.63, 3.8) is 0 Å². The molecule has 1 atom stereocenters. The number of aliphatic carboxylic acids is 1. The first-order valence-corrected chi connectivity index (χ1v) is 8.16. The fourth-order valence-corrected chi connectivity index (χ4v) is 4.56. The van der Waals surface area contributed by atoms with E-state index in [1.807, 2.05) is 0 Å². The molecule has 1 N–H and O–H groups in total. The zero-order valence-electron chi connectivity index (χ0n) is 10.6. The molecule has 0 bridgehead atoms. The van der Waals surface area contributed by atoms with Gasteiger partial charge in [0.25, 0.3) is 5.69 Å². The second-order valence-electron chi connectivity index (χ2n) is 4.51. The van der Waals surface area contributed by atoms with Crippen LogP contribution >= 0.6 is 15.9 Å². The van der Waals surface area contributed by atoms with Crippen LogP contribution in [0.15, 0.2) is 27.6 Å². The maximum absolute atomic E-state index is 12.5. The monoisotopic (exact) mass is 378 g/mol. The fraction of sp³-hybridized carbons (Fsp3) is 0.364. The first kappa shape index (κ1) is 15.9. The Morgan fingerprint density at radius 3 is 2.67 bits per heavy atom. The normalized spacial score (nSPS) is 19.6. The van der Waals surface area contributed by atoms with Gasteiger partial charge in [-0.1, -0.05) is 15.9 Å². The summed E-state index contributed by atoms with van der Waals surface area (Å²) < 4.78 is 26.1. The SMILES string of the molecule is O=C(O)[C@@H]1CCCN1S(=O)(=O)c1cc(Br)cc([N+](=O)[O-])c1. The van der Waals surface area contributed by atoms with E-state index < -0.39 is 27.0 Å². The molecule has 0 saturated carbocycles.